The molecule has 0 spiro atoms. The van der Waals surface area contributed by atoms with Gasteiger partial charge in [-0.05, 0) is 19.3 Å². The second-order valence-corrected chi connectivity index (χ2v) is 7.56. The van der Waals surface area contributed by atoms with Crippen molar-refractivity contribution in [3.05, 3.63) is 41.6 Å². The minimum absolute atomic E-state index is 0.0531. The highest BCUT2D eigenvalue weighted by atomic mass is 16.2. The zero-order chi connectivity index (χ0) is 18.8. The van der Waals surface area contributed by atoms with Gasteiger partial charge in [-0.1, -0.05) is 30.3 Å². The maximum Gasteiger partial charge on any atom is 0.319 e. The summed E-state index contributed by atoms with van der Waals surface area (Å²) in [5.41, 5.74) is 3.26. The number of carbonyl (C=O) groups excluding carboxylic acids is 1. The summed E-state index contributed by atoms with van der Waals surface area (Å²) in [5.74, 6) is 1.82. The first kappa shape index (κ1) is 17.8. The molecule has 1 saturated heterocycles. The summed E-state index contributed by atoms with van der Waals surface area (Å²) in [6.07, 6.45) is 4.44. The first-order chi connectivity index (χ1) is 13.1. The Hall–Kier alpha value is -2.63. The molecule has 2 aliphatic rings. The Morgan fingerprint density at radius 2 is 1.74 bits per heavy atom. The second-order valence-electron chi connectivity index (χ2n) is 7.56. The van der Waals surface area contributed by atoms with E-state index in [-0.39, 0.29) is 6.03 Å². The highest BCUT2D eigenvalue weighted by Crippen LogP contribution is 2.31. The molecule has 1 fully saturated rings. The van der Waals surface area contributed by atoms with Crippen molar-refractivity contribution < 1.29 is 4.79 Å². The summed E-state index contributed by atoms with van der Waals surface area (Å²) in [6.45, 7) is 3.35. The van der Waals surface area contributed by atoms with Gasteiger partial charge < -0.3 is 14.7 Å². The Balaban J connectivity index is 1.75. The van der Waals surface area contributed by atoms with Crippen LogP contribution in [0.2, 0.25) is 0 Å². The van der Waals surface area contributed by atoms with Crippen LogP contribution in [0.5, 0.6) is 0 Å². The van der Waals surface area contributed by atoms with Crippen molar-refractivity contribution in [1.29, 1.82) is 0 Å². The third kappa shape index (κ3) is 3.61. The second kappa shape index (κ2) is 7.55. The molecule has 6 nitrogen and oxygen atoms in total. The van der Waals surface area contributed by atoms with Crippen LogP contribution < -0.4 is 4.90 Å². The lowest BCUT2D eigenvalue weighted by Gasteiger charge is -2.35. The summed E-state index contributed by atoms with van der Waals surface area (Å²) in [5, 5.41) is 0. The number of hydrogen-bond acceptors (Lipinski definition) is 4. The Kier molecular flexibility index (Phi) is 4.97. The third-order valence-corrected chi connectivity index (χ3v) is 5.38. The van der Waals surface area contributed by atoms with E-state index in [4.69, 9.17) is 9.97 Å². The normalized spacial score (nSPS) is 16.8. The fourth-order valence-electron chi connectivity index (χ4n) is 3.93. The van der Waals surface area contributed by atoms with Crippen molar-refractivity contribution in [3.8, 4) is 11.4 Å². The Morgan fingerprint density at radius 3 is 2.44 bits per heavy atom. The van der Waals surface area contributed by atoms with Gasteiger partial charge in [-0.3, -0.25) is 0 Å². The number of aromatic nitrogens is 2. The maximum absolute atomic E-state index is 12.5. The summed E-state index contributed by atoms with van der Waals surface area (Å²) in [6, 6.07) is 10.2. The van der Waals surface area contributed by atoms with Crippen LogP contribution in [0.1, 0.15) is 30.5 Å². The van der Waals surface area contributed by atoms with Gasteiger partial charge >= 0.3 is 6.03 Å². The monoisotopic (exact) mass is 365 g/mol. The van der Waals surface area contributed by atoms with Gasteiger partial charge in [0.1, 0.15) is 5.82 Å². The summed E-state index contributed by atoms with van der Waals surface area (Å²) < 4.78 is 0. The van der Waals surface area contributed by atoms with Crippen molar-refractivity contribution in [2.75, 3.05) is 38.6 Å². The van der Waals surface area contributed by atoms with Crippen LogP contribution in [0.15, 0.2) is 30.3 Å². The molecule has 2 amide bonds. The number of rotatable bonds is 2. The number of fused-ring (bicyclic) bond motifs is 1. The molecular formula is C21H27N5O. The molecule has 0 atom stereocenters. The van der Waals surface area contributed by atoms with E-state index >= 15 is 0 Å². The lowest BCUT2D eigenvalue weighted by atomic mass is 10.0. The largest absolute Gasteiger partial charge is 0.356 e. The van der Waals surface area contributed by atoms with E-state index in [9.17, 15) is 4.79 Å². The molecule has 0 aliphatic carbocycles. The predicted molar refractivity (Wildman–Crippen MR) is 107 cm³/mol. The van der Waals surface area contributed by atoms with Crippen molar-refractivity contribution in [1.82, 2.24) is 19.8 Å². The molecule has 3 heterocycles. The maximum atomic E-state index is 12.5. The lowest BCUT2D eigenvalue weighted by molar-refractivity contribution is 0.165. The molecule has 0 saturated carbocycles. The van der Waals surface area contributed by atoms with Crippen molar-refractivity contribution >= 4 is 11.8 Å². The minimum atomic E-state index is 0.0531. The van der Waals surface area contributed by atoms with Gasteiger partial charge in [0.25, 0.3) is 0 Å². The van der Waals surface area contributed by atoms with Gasteiger partial charge in [-0.2, -0.15) is 0 Å². The van der Waals surface area contributed by atoms with Crippen LogP contribution in [0, 0.1) is 0 Å². The lowest BCUT2D eigenvalue weighted by Crippen LogP contribution is -2.43. The molecule has 4 rings (SSSR count). The van der Waals surface area contributed by atoms with Crippen LogP contribution in [-0.4, -0.2) is 59.5 Å². The summed E-state index contributed by atoms with van der Waals surface area (Å²) >= 11 is 0. The van der Waals surface area contributed by atoms with E-state index < -0.39 is 0 Å². The van der Waals surface area contributed by atoms with Crippen LogP contribution >= 0.6 is 0 Å². The average Bonchev–Trinajstić information content (AvgIpc) is 2.73. The molecule has 1 aromatic heterocycles. The predicted octanol–water partition coefficient (Wildman–Crippen LogP) is 3.17. The minimum Gasteiger partial charge on any atom is -0.356 e. The van der Waals surface area contributed by atoms with Crippen molar-refractivity contribution in [3.63, 3.8) is 0 Å². The number of piperidine rings is 1. The number of carbonyl (C=O) groups is 1. The fraction of sp³-hybridized carbons (Fsp3) is 0.476. The van der Waals surface area contributed by atoms with Crippen molar-refractivity contribution in [2.45, 2.75) is 32.2 Å². The van der Waals surface area contributed by atoms with E-state index in [1.165, 1.54) is 19.3 Å². The molecule has 0 bridgehead atoms. The number of nitrogens with zero attached hydrogens (tertiary/aromatic N) is 5. The third-order valence-electron chi connectivity index (χ3n) is 5.38. The summed E-state index contributed by atoms with van der Waals surface area (Å²) in [4.78, 5) is 28.3. The fourth-order valence-corrected chi connectivity index (χ4v) is 3.93. The topological polar surface area (TPSA) is 52.6 Å². The Bertz CT molecular complexity index is 815. The van der Waals surface area contributed by atoms with Gasteiger partial charge in [0.15, 0.2) is 5.82 Å². The first-order valence-corrected chi connectivity index (χ1v) is 9.80. The average molecular weight is 365 g/mol. The van der Waals surface area contributed by atoms with Crippen LogP contribution in [0.25, 0.3) is 11.4 Å². The van der Waals surface area contributed by atoms with E-state index in [0.29, 0.717) is 13.1 Å². The molecule has 142 valence electrons. The molecule has 2 aromatic rings. The number of hydrogen-bond donors (Lipinski definition) is 0. The van der Waals surface area contributed by atoms with Crippen LogP contribution in [-0.2, 0) is 13.0 Å². The van der Waals surface area contributed by atoms with Gasteiger partial charge in [0, 0.05) is 51.3 Å². The highest BCUT2D eigenvalue weighted by Gasteiger charge is 2.29. The molecule has 6 heteroatoms. The molecule has 0 radical (unpaired) electrons. The standard InChI is InChI=1S/C21H27N5O/c1-24(2)21(27)26-14-11-18-17(15-26)20(25-12-7-4-8-13-25)23-19(22-18)16-9-5-3-6-10-16/h3,5-6,9-10H,4,7-8,11-15H2,1-2H3. The molecule has 2 aliphatic heterocycles. The van der Waals surface area contributed by atoms with Crippen molar-refractivity contribution in [2.24, 2.45) is 0 Å². The number of amides is 2. The number of anilines is 1. The van der Waals surface area contributed by atoms with Crippen LogP contribution in [0.3, 0.4) is 0 Å². The Labute approximate surface area is 160 Å². The highest BCUT2D eigenvalue weighted by molar-refractivity contribution is 5.74. The smallest absolute Gasteiger partial charge is 0.319 e. The van der Waals surface area contributed by atoms with E-state index in [0.717, 1.165) is 48.0 Å². The Morgan fingerprint density at radius 1 is 1.00 bits per heavy atom. The van der Waals surface area contributed by atoms with Gasteiger partial charge in [0.2, 0.25) is 0 Å². The van der Waals surface area contributed by atoms with Crippen LogP contribution in [0.4, 0.5) is 10.6 Å². The zero-order valence-electron chi connectivity index (χ0n) is 16.2. The van der Waals surface area contributed by atoms with E-state index in [1.807, 2.05) is 23.1 Å². The van der Waals surface area contributed by atoms with Gasteiger partial charge in [-0.25, -0.2) is 14.8 Å². The molecule has 0 N–H and O–H groups in total. The molecule has 27 heavy (non-hydrogen) atoms. The molecular weight excluding hydrogens is 338 g/mol. The number of benzene rings is 1. The zero-order valence-corrected chi connectivity index (χ0v) is 16.2. The number of urea groups is 1. The van der Waals surface area contributed by atoms with E-state index in [1.54, 1.807) is 19.0 Å². The summed E-state index contributed by atoms with van der Waals surface area (Å²) in [7, 11) is 3.61. The SMILES string of the molecule is CN(C)C(=O)N1CCc2nc(-c3ccccc3)nc(N3CCCCC3)c2C1. The first-order valence-electron chi connectivity index (χ1n) is 9.80. The molecule has 1 aromatic carbocycles. The molecule has 0 unspecified atom stereocenters. The van der Waals surface area contributed by atoms with Gasteiger partial charge in [-0.15, -0.1) is 0 Å². The van der Waals surface area contributed by atoms with Gasteiger partial charge in [0.05, 0.1) is 12.2 Å². The van der Waals surface area contributed by atoms with E-state index in [2.05, 4.69) is 17.0 Å². The quantitative estimate of drug-likeness (QED) is 0.820.